The number of benzene rings is 2. The number of allylic oxidation sites excluding steroid dienone is 1. The van der Waals surface area contributed by atoms with Crippen LogP contribution in [0, 0.1) is 18.8 Å². The highest BCUT2D eigenvalue weighted by Gasteiger charge is 2.78. The fourth-order valence-corrected chi connectivity index (χ4v) is 10.2. The third-order valence-corrected chi connectivity index (χ3v) is 11.7. The Morgan fingerprint density at radius 2 is 1.93 bits per heavy atom. The summed E-state index contributed by atoms with van der Waals surface area (Å²) in [6.45, 7) is 11.6. The van der Waals surface area contributed by atoms with E-state index in [1.165, 1.54) is 0 Å². The zero-order valence-corrected chi connectivity index (χ0v) is 27.0. The molecule has 7 nitrogen and oxygen atoms in total. The topological polar surface area (TPSA) is 87.1 Å². The molecule has 2 bridgehead atoms. The molecule has 2 aromatic rings. The number of halogens is 1. The van der Waals surface area contributed by atoms with Crippen LogP contribution in [0.5, 0.6) is 0 Å². The van der Waals surface area contributed by atoms with Crippen molar-refractivity contribution in [3.05, 3.63) is 90.0 Å². The normalized spacial score (nSPS) is 27.6. The molecule has 6 atom stereocenters. The molecular formula is C35H41ClN2O5S. The van der Waals surface area contributed by atoms with Gasteiger partial charge in [0.2, 0.25) is 5.91 Å². The third-order valence-electron chi connectivity index (χ3n) is 9.45. The van der Waals surface area contributed by atoms with Crippen LogP contribution < -0.4 is 4.90 Å². The first-order valence-electron chi connectivity index (χ1n) is 15.3. The molecule has 9 heteroatoms. The van der Waals surface area contributed by atoms with E-state index >= 15 is 4.79 Å². The molecular weight excluding hydrogens is 596 g/mol. The summed E-state index contributed by atoms with van der Waals surface area (Å²) in [7, 11) is 0. The number of unbranched alkanes of at least 4 members (excludes halogenated alkanes) is 1. The average molecular weight is 637 g/mol. The summed E-state index contributed by atoms with van der Waals surface area (Å²) in [6, 6.07) is 13.5. The lowest BCUT2D eigenvalue weighted by Crippen LogP contribution is -2.58. The van der Waals surface area contributed by atoms with Gasteiger partial charge < -0.3 is 19.6 Å². The van der Waals surface area contributed by atoms with Gasteiger partial charge in [0, 0.05) is 11.3 Å². The molecule has 3 aliphatic heterocycles. The molecule has 3 aliphatic rings. The molecule has 3 saturated heterocycles. The van der Waals surface area contributed by atoms with Crippen molar-refractivity contribution in [2.45, 2.75) is 67.5 Å². The number of hydrogen-bond acceptors (Lipinski definition) is 6. The minimum absolute atomic E-state index is 0.182. The molecule has 0 radical (unpaired) electrons. The zero-order chi connectivity index (χ0) is 31.6. The van der Waals surface area contributed by atoms with Crippen molar-refractivity contribution in [2.24, 2.45) is 11.8 Å². The number of carbonyl (C=O) groups excluding carboxylic acids is 3. The predicted molar refractivity (Wildman–Crippen MR) is 176 cm³/mol. The second kappa shape index (κ2) is 13.1. The standard InChI is InChI=1S/C35H41ClN2O5S/c1-5-7-11-20-43-33(42)28-27-31(40)38(25(22-39)21-24-14-9-8-10-15-24)30(35(27)18-17-34(28,4)44-35)32(41)37(19-6-2)29-23(3)13-12-16-26(29)36/h5-6,8-10,12-16,25,27-28,30,39H,1-2,7,11,17-22H2,3-4H3/t25-,27+,28+,30?,34-,35?/m1/s1. The average Bonchev–Trinajstić information content (AvgIpc) is 3.58. The number of thioether (sulfide) groups is 1. The smallest absolute Gasteiger partial charge is 0.311 e. The molecule has 44 heavy (non-hydrogen) atoms. The first kappa shape index (κ1) is 32.3. The minimum Gasteiger partial charge on any atom is -0.465 e. The molecule has 2 aromatic carbocycles. The van der Waals surface area contributed by atoms with Gasteiger partial charge in [-0.1, -0.05) is 66.2 Å². The van der Waals surface area contributed by atoms with Crippen LogP contribution in [0.15, 0.2) is 73.8 Å². The Morgan fingerprint density at radius 3 is 2.59 bits per heavy atom. The second-order valence-electron chi connectivity index (χ2n) is 12.2. The number of aryl methyl sites for hydroxylation is 1. The second-order valence-corrected chi connectivity index (χ2v) is 14.5. The van der Waals surface area contributed by atoms with Crippen LogP contribution in [0.1, 0.15) is 43.7 Å². The van der Waals surface area contributed by atoms with Gasteiger partial charge in [-0.25, -0.2) is 0 Å². The van der Waals surface area contributed by atoms with Gasteiger partial charge in [0.1, 0.15) is 6.04 Å². The van der Waals surface area contributed by atoms with E-state index in [2.05, 4.69) is 13.2 Å². The summed E-state index contributed by atoms with van der Waals surface area (Å²) < 4.78 is 4.33. The summed E-state index contributed by atoms with van der Waals surface area (Å²) in [5.74, 6) is -2.43. The number of aliphatic hydroxyl groups is 1. The van der Waals surface area contributed by atoms with Crippen LogP contribution in [0.4, 0.5) is 5.69 Å². The van der Waals surface area contributed by atoms with Crippen LogP contribution >= 0.6 is 23.4 Å². The Bertz CT molecular complexity index is 1420. The molecule has 2 amide bonds. The zero-order valence-electron chi connectivity index (χ0n) is 25.4. The monoisotopic (exact) mass is 636 g/mol. The molecule has 234 valence electrons. The lowest BCUT2D eigenvalue weighted by molar-refractivity contribution is -0.156. The minimum atomic E-state index is -0.929. The van der Waals surface area contributed by atoms with Gasteiger partial charge in [-0.05, 0) is 63.1 Å². The van der Waals surface area contributed by atoms with E-state index in [4.69, 9.17) is 16.3 Å². The number of para-hydroxylation sites is 1. The van der Waals surface area contributed by atoms with Crippen molar-refractivity contribution in [3.8, 4) is 0 Å². The molecule has 3 heterocycles. The Labute approximate surface area is 269 Å². The van der Waals surface area contributed by atoms with Crippen LogP contribution in [-0.4, -0.2) is 69.1 Å². The van der Waals surface area contributed by atoms with E-state index in [9.17, 15) is 14.7 Å². The number of rotatable bonds is 13. The van der Waals surface area contributed by atoms with Gasteiger partial charge >= 0.3 is 5.97 Å². The number of anilines is 1. The largest absolute Gasteiger partial charge is 0.465 e. The van der Waals surface area contributed by atoms with Gasteiger partial charge in [-0.15, -0.1) is 24.9 Å². The Balaban J connectivity index is 1.61. The number of nitrogens with zero attached hydrogens (tertiary/aromatic N) is 2. The first-order chi connectivity index (χ1) is 21.1. The van der Waals surface area contributed by atoms with Crippen LogP contribution in [0.25, 0.3) is 0 Å². The highest BCUT2D eigenvalue weighted by Crippen LogP contribution is 2.72. The van der Waals surface area contributed by atoms with Gasteiger partial charge in [-0.2, -0.15) is 0 Å². The number of fused-ring (bicyclic) bond motifs is 1. The van der Waals surface area contributed by atoms with E-state index in [0.717, 1.165) is 17.5 Å². The molecule has 5 rings (SSSR count). The Hall–Kier alpha value is -3.07. The first-order valence-corrected chi connectivity index (χ1v) is 16.4. The number of carbonyl (C=O) groups is 3. The van der Waals surface area contributed by atoms with Crippen molar-refractivity contribution in [1.29, 1.82) is 0 Å². The molecule has 3 fully saturated rings. The maximum Gasteiger partial charge on any atom is 0.311 e. The van der Waals surface area contributed by atoms with E-state index in [-0.39, 0.29) is 31.6 Å². The van der Waals surface area contributed by atoms with Gasteiger partial charge in [-0.3, -0.25) is 14.4 Å². The van der Waals surface area contributed by atoms with Crippen molar-refractivity contribution in [1.82, 2.24) is 4.90 Å². The van der Waals surface area contributed by atoms with Crippen molar-refractivity contribution in [3.63, 3.8) is 0 Å². The fraction of sp³-hybridized carbons (Fsp3) is 0.457. The Kier molecular flexibility index (Phi) is 9.64. The summed E-state index contributed by atoms with van der Waals surface area (Å²) in [5, 5.41) is 11.2. The van der Waals surface area contributed by atoms with Crippen LogP contribution in [0.2, 0.25) is 5.02 Å². The number of ether oxygens (including phenoxy) is 1. The van der Waals surface area contributed by atoms with Gasteiger partial charge in [0.05, 0.1) is 46.5 Å². The van der Waals surface area contributed by atoms with Crippen molar-refractivity contribution >= 4 is 46.8 Å². The molecule has 0 aromatic heterocycles. The number of likely N-dealkylation sites (tertiary alicyclic amines) is 1. The summed E-state index contributed by atoms with van der Waals surface area (Å²) in [5.41, 5.74) is 2.32. The molecule has 0 aliphatic carbocycles. The molecule has 1 N–H and O–H groups in total. The van der Waals surface area contributed by atoms with E-state index in [0.29, 0.717) is 36.4 Å². The number of hydrogen-bond donors (Lipinski definition) is 1. The molecule has 2 unspecified atom stereocenters. The summed E-state index contributed by atoms with van der Waals surface area (Å²) in [6.07, 6.45) is 6.42. The van der Waals surface area contributed by atoms with Gasteiger partial charge in [0.15, 0.2) is 0 Å². The van der Waals surface area contributed by atoms with Gasteiger partial charge in [0.25, 0.3) is 5.91 Å². The highest BCUT2D eigenvalue weighted by atomic mass is 35.5. The Morgan fingerprint density at radius 1 is 1.18 bits per heavy atom. The number of aliphatic hydroxyl groups excluding tert-OH is 1. The van der Waals surface area contributed by atoms with Crippen molar-refractivity contribution < 1.29 is 24.2 Å². The van der Waals surface area contributed by atoms with E-state index in [1.807, 2.05) is 56.3 Å². The fourth-order valence-electron chi connectivity index (χ4n) is 7.55. The summed E-state index contributed by atoms with van der Waals surface area (Å²) >= 11 is 8.28. The summed E-state index contributed by atoms with van der Waals surface area (Å²) in [4.78, 5) is 46.7. The lowest BCUT2D eigenvalue weighted by Gasteiger charge is -2.40. The lowest BCUT2D eigenvalue weighted by atomic mass is 9.66. The van der Waals surface area contributed by atoms with Crippen LogP contribution in [-0.2, 0) is 25.5 Å². The van der Waals surface area contributed by atoms with E-state index < -0.39 is 39.4 Å². The number of amides is 2. The van der Waals surface area contributed by atoms with Crippen molar-refractivity contribution in [2.75, 3.05) is 24.7 Å². The molecule has 0 saturated carbocycles. The van der Waals surface area contributed by atoms with Crippen LogP contribution in [0.3, 0.4) is 0 Å². The highest BCUT2D eigenvalue weighted by molar-refractivity contribution is 8.02. The maximum atomic E-state index is 15.0. The predicted octanol–water partition coefficient (Wildman–Crippen LogP) is 5.76. The third kappa shape index (κ3) is 5.50. The SMILES string of the molecule is C=CCCCOC(=O)[C@@H]1[C@H]2C(=O)N([C@@H](CO)Cc3ccccc3)C(C(=O)N(CC=C)c3c(C)cccc3Cl)C23CC[C@@]1(C)S3. The molecule has 1 spiro atoms. The quantitative estimate of drug-likeness (QED) is 0.171. The van der Waals surface area contributed by atoms with E-state index in [1.54, 1.807) is 39.8 Å². The maximum absolute atomic E-state index is 15.0. The number of esters is 1.